The first-order chi connectivity index (χ1) is 13.9. The van der Waals surface area contributed by atoms with Crippen LogP contribution in [0, 0.1) is 19.7 Å². The minimum atomic E-state index is -0.726. The summed E-state index contributed by atoms with van der Waals surface area (Å²) in [5.41, 5.74) is 2.38. The third kappa shape index (κ3) is 4.74. The largest absolute Gasteiger partial charge is 0.486 e. The molecule has 0 radical (unpaired) electrons. The molecule has 6 nitrogen and oxygen atoms in total. The molecule has 0 unspecified atom stereocenters. The summed E-state index contributed by atoms with van der Waals surface area (Å²) in [6, 6.07) is 10.4. The predicted molar refractivity (Wildman–Crippen MR) is 104 cm³/mol. The lowest BCUT2D eigenvalue weighted by Crippen LogP contribution is -2.14. The second-order valence-corrected chi connectivity index (χ2v) is 6.54. The van der Waals surface area contributed by atoms with Gasteiger partial charge in [0, 0.05) is 23.5 Å². The number of ether oxygens (including phenoxy) is 2. The van der Waals surface area contributed by atoms with Crippen molar-refractivity contribution in [3.8, 4) is 5.75 Å². The second-order valence-electron chi connectivity index (χ2n) is 6.54. The number of carbonyl (C=O) groups is 2. The Labute approximate surface area is 167 Å². The van der Waals surface area contributed by atoms with Gasteiger partial charge in [-0.2, -0.15) is 0 Å². The van der Waals surface area contributed by atoms with Crippen LogP contribution in [0.5, 0.6) is 5.75 Å². The lowest BCUT2D eigenvalue weighted by atomic mass is 10.1. The van der Waals surface area contributed by atoms with E-state index >= 15 is 0 Å². The van der Waals surface area contributed by atoms with E-state index in [1.54, 1.807) is 12.1 Å². The Hall–Kier alpha value is -3.35. The standard InChI is InChI=1S/C22H22FNO5/c1-4-24-14(2)11-19(15(24)3)20(25)13-28-22(26)21-10-9-18(29-21)12-27-17-7-5-16(23)6-8-17/h5-11H,4,12-13H2,1-3H3. The summed E-state index contributed by atoms with van der Waals surface area (Å²) in [6.45, 7) is 6.27. The molecule has 3 rings (SSSR count). The van der Waals surface area contributed by atoms with Gasteiger partial charge < -0.3 is 18.5 Å². The van der Waals surface area contributed by atoms with E-state index in [1.807, 2.05) is 25.3 Å². The molecule has 0 fully saturated rings. The zero-order valence-corrected chi connectivity index (χ0v) is 16.5. The number of halogens is 1. The molecule has 2 heterocycles. The maximum atomic E-state index is 12.9. The number of rotatable bonds is 8. The smallest absolute Gasteiger partial charge is 0.374 e. The number of ketones is 1. The minimum Gasteiger partial charge on any atom is -0.486 e. The van der Waals surface area contributed by atoms with Crippen LogP contribution in [-0.2, 0) is 17.9 Å². The number of benzene rings is 1. The minimum absolute atomic E-state index is 0.0189. The van der Waals surface area contributed by atoms with Crippen LogP contribution in [0.4, 0.5) is 4.39 Å². The number of Topliss-reactive ketones (excluding diaryl/α,β-unsaturated/α-hetero) is 1. The molecular formula is C22H22FNO5. The fourth-order valence-corrected chi connectivity index (χ4v) is 3.10. The van der Waals surface area contributed by atoms with Crippen LogP contribution in [0.25, 0.3) is 0 Å². The maximum absolute atomic E-state index is 12.9. The summed E-state index contributed by atoms with van der Waals surface area (Å²) in [7, 11) is 0. The van der Waals surface area contributed by atoms with Crippen molar-refractivity contribution in [3.63, 3.8) is 0 Å². The third-order valence-corrected chi connectivity index (χ3v) is 4.58. The average Bonchev–Trinajstić information content (AvgIpc) is 3.29. The van der Waals surface area contributed by atoms with Crippen molar-refractivity contribution >= 4 is 11.8 Å². The first-order valence-electron chi connectivity index (χ1n) is 9.23. The van der Waals surface area contributed by atoms with Crippen LogP contribution in [0.15, 0.2) is 46.9 Å². The van der Waals surface area contributed by atoms with Gasteiger partial charge in [0.25, 0.3) is 0 Å². The number of aromatic nitrogens is 1. The highest BCUT2D eigenvalue weighted by atomic mass is 19.1. The van der Waals surface area contributed by atoms with Crippen LogP contribution in [0.1, 0.15) is 45.0 Å². The second kappa shape index (κ2) is 8.77. The zero-order chi connectivity index (χ0) is 21.0. The lowest BCUT2D eigenvalue weighted by Gasteiger charge is -2.06. The summed E-state index contributed by atoms with van der Waals surface area (Å²) in [4.78, 5) is 24.6. The molecule has 0 amide bonds. The van der Waals surface area contributed by atoms with E-state index in [9.17, 15) is 14.0 Å². The molecule has 0 aliphatic carbocycles. The highest BCUT2D eigenvalue weighted by Crippen LogP contribution is 2.17. The number of furan rings is 1. The third-order valence-electron chi connectivity index (χ3n) is 4.58. The molecule has 152 valence electrons. The number of hydrogen-bond donors (Lipinski definition) is 0. The quantitative estimate of drug-likeness (QED) is 0.413. The molecule has 0 saturated carbocycles. The topological polar surface area (TPSA) is 70.7 Å². The van der Waals surface area contributed by atoms with Crippen molar-refractivity contribution in [2.45, 2.75) is 33.9 Å². The van der Waals surface area contributed by atoms with Crippen molar-refractivity contribution in [2.75, 3.05) is 6.61 Å². The first-order valence-corrected chi connectivity index (χ1v) is 9.23. The molecule has 3 aromatic rings. The van der Waals surface area contributed by atoms with E-state index in [0.29, 0.717) is 17.1 Å². The van der Waals surface area contributed by atoms with Crippen LogP contribution in [-0.4, -0.2) is 22.9 Å². The van der Waals surface area contributed by atoms with E-state index in [0.717, 1.165) is 17.9 Å². The van der Waals surface area contributed by atoms with E-state index in [1.165, 1.54) is 30.3 Å². The van der Waals surface area contributed by atoms with Gasteiger partial charge in [-0.05, 0) is 63.2 Å². The van der Waals surface area contributed by atoms with Crippen molar-refractivity contribution in [2.24, 2.45) is 0 Å². The Morgan fingerprint density at radius 1 is 1.10 bits per heavy atom. The maximum Gasteiger partial charge on any atom is 0.374 e. The number of nitrogens with zero attached hydrogens (tertiary/aromatic N) is 1. The van der Waals surface area contributed by atoms with Crippen LogP contribution in [0.3, 0.4) is 0 Å². The molecule has 0 atom stereocenters. The van der Waals surface area contributed by atoms with Crippen molar-refractivity contribution < 1.29 is 27.9 Å². The Balaban J connectivity index is 1.55. The Morgan fingerprint density at radius 3 is 2.48 bits per heavy atom. The molecule has 2 aromatic heterocycles. The van der Waals surface area contributed by atoms with Gasteiger partial charge in [-0.3, -0.25) is 4.79 Å². The van der Waals surface area contributed by atoms with Gasteiger partial charge in [0.1, 0.15) is 23.9 Å². The highest BCUT2D eigenvalue weighted by Gasteiger charge is 2.19. The van der Waals surface area contributed by atoms with Gasteiger partial charge in [-0.15, -0.1) is 0 Å². The Kier molecular flexibility index (Phi) is 6.16. The summed E-state index contributed by atoms with van der Waals surface area (Å²) in [5, 5.41) is 0. The Bertz CT molecular complexity index is 1020. The number of esters is 1. The van der Waals surface area contributed by atoms with Gasteiger partial charge in [0.15, 0.2) is 6.61 Å². The normalized spacial score (nSPS) is 10.8. The van der Waals surface area contributed by atoms with Gasteiger partial charge in [-0.1, -0.05) is 0 Å². The van der Waals surface area contributed by atoms with Gasteiger partial charge in [0.05, 0.1) is 0 Å². The molecule has 0 N–H and O–H groups in total. The van der Waals surface area contributed by atoms with E-state index in [-0.39, 0.29) is 30.6 Å². The molecular weight excluding hydrogens is 377 g/mol. The average molecular weight is 399 g/mol. The molecule has 29 heavy (non-hydrogen) atoms. The summed E-state index contributed by atoms with van der Waals surface area (Å²) >= 11 is 0. The van der Waals surface area contributed by atoms with Gasteiger partial charge >= 0.3 is 5.97 Å². The number of carbonyl (C=O) groups excluding carboxylic acids is 2. The van der Waals surface area contributed by atoms with Gasteiger partial charge in [0.2, 0.25) is 11.5 Å². The number of aryl methyl sites for hydroxylation is 1. The van der Waals surface area contributed by atoms with Crippen molar-refractivity contribution in [3.05, 3.63) is 76.8 Å². The summed E-state index contributed by atoms with van der Waals surface area (Å²) in [6.07, 6.45) is 0. The highest BCUT2D eigenvalue weighted by molar-refractivity contribution is 6.00. The first kappa shape index (κ1) is 20.4. The fourth-order valence-electron chi connectivity index (χ4n) is 3.10. The van der Waals surface area contributed by atoms with Crippen LogP contribution in [0.2, 0.25) is 0 Å². The summed E-state index contributed by atoms with van der Waals surface area (Å²) in [5.74, 6) is -0.490. The summed E-state index contributed by atoms with van der Waals surface area (Å²) < 4.78 is 30.9. The van der Waals surface area contributed by atoms with Crippen molar-refractivity contribution in [1.82, 2.24) is 4.57 Å². The molecule has 1 aromatic carbocycles. The Morgan fingerprint density at radius 2 is 1.83 bits per heavy atom. The van der Waals surface area contributed by atoms with E-state index in [4.69, 9.17) is 13.9 Å². The molecule has 7 heteroatoms. The van der Waals surface area contributed by atoms with Crippen LogP contribution >= 0.6 is 0 Å². The molecule has 0 aliphatic heterocycles. The number of hydrogen-bond acceptors (Lipinski definition) is 5. The van der Waals surface area contributed by atoms with E-state index < -0.39 is 5.97 Å². The molecule has 0 bridgehead atoms. The SMILES string of the molecule is CCn1c(C)cc(C(=O)COC(=O)c2ccc(COc3ccc(F)cc3)o2)c1C. The fraction of sp³-hybridized carbons (Fsp3) is 0.273. The van der Waals surface area contributed by atoms with Crippen LogP contribution < -0.4 is 4.74 Å². The lowest BCUT2D eigenvalue weighted by molar-refractivity contribution is 0.0440. The molecule has 0 saturated heterocycles. The van der Waals surface area contributed by atoms with Gasteiger partial charge in [-0.25, -0.2) is 9.18 Å². The van der Waals surface area contributed by atoms with Crippen molar-refractivity contribution in [1.29, 1.82) is 0 Å². The zero-order valence-electron chi connectivity index (χ0n) is 16.5. The predicted octanol–water partition coefficient (Wildman–Crippen LogP) is 4.48. The molecule has 0 spiro atoms. The molecule has 0 aliphatic rings. The van der Waals surface area contributed by atoms with E-state index in [2.05, 4.69) is 0 Å². The monoisotopic (exact) mass is 399 g/mol.